The molecule has 0 atom stereocenters. The van der Waals surface area contributed by atoms with E-state index in [1.165, 1.54) is 12.3 Å². The third-order valence-electron chi connectivity index (χ3n) is 2.11. The summed E-state index contributed by atoms with van der Waals surface area (Å²) in [5.41, 5.74) is 1.96. The van der Waals surface area contributed by atoms with Crippen molar-refractivity contribution < 1.29 is 4.39 Å². The van der Waals surface area contributed by atoms with E-state index in [0.29, 0.717) is 6.54 Å². The number of aromatic nitrogens is 1. The summed E-state index contributed by atoms with van der Waals surface area (Å²) in [6.45, 7) is 0.687. The molecule has 0 spiro atoms. The highest BCUT2D eigenvalue weighted by molar-refractivity contribution is 9.10. The van der Waals surface area contributed by atoms with Crippen LogP contribution in [-0.4, -0.2) is 4.98 Å². The van der Waals surface area contributed by atoms with Crippen LogP contribution in [0, 0.1) is 5.95 Å². The maximum absolute atomic E-state index is 12.6. The van der Waals surface area contributed by atoms with E-state index in [0.717, 1.165) is 15.7 Å². The maximum atomic E-state index is 12.6. The lowest BCUT2D eigenvalue weighted by Gasteiger charge is -2.06. The van der Waals surface area contributed by atoms with Crippen molar-refractivity contribution in [3.05, 3.63) is 58.6 Å². The van der Waals surface area contributed by atoms with Gasteiger partial charge in [0.2, 0.25) is 5.95 Å². The van der Waals surface area contributed by atoms with Crippen molar-refractivity contribution in [2.45, 2.75) is 6.54 Å². The van der Waals surface area contributed by atoms with Gasteiger partial charge in [0, 0.05) is 11.0 Å². The monoisotopic (exact) mass is 280 g/mol. The highest BCUT2D eigenvalue weighted by Crippen LogP contribution is 2.13. The Balaban J connectivity index is 1.99. The first-order valence-electron chi connectivity index (χ1n) is 4.84. The van der Waals surface area contributed by atoms with E-state index in [9.17, 15) is 4.39 Å². The minimum Gasteiger partial charge on any atom is -0.380 e. The molecule has 4 heteroatoms. The molecule has 16 heavy (non-hydrogen) atoms. The predicted molar refractivity (Wildman–Crippen MR) is 65.7 cm³/mol. The van der Waals surface area contributed by atoms with Gasteiger partial charge < -0.3 is 5.32 Å². The summed E-state index contributed by atoms with van der Waals surface area (Å²) in [7, 11) is 0. The molecule has 0 saturated heterocycles. The average Bonchev–Trinajstić information content (AvgIpc) is 2.28. The standard InChI is InChI=1S/C12H10BrFN2/c13-10-3-1-2-9(6-10)7-15-11-4-5-12(14)16-8-11/h1-6,8,15H,7H2. The van der Waals surface area contributed by atoms with Gasteiger partial charge in [-0.25, -0.2) is 4.98 Å². The molecule has 0 bridgehead atoms. The van der Waals surface area contributed by atoms with Crippen LogP contribution in [0.5, 0.6) is 0 Å². The maximum Gasteiger partial charge on any atom is 0.212 e. The number of pyridine rings is 1. The van der Waals surface area contributed by atoms with E-state index in [1.54, 1.807) is 6.07 Å². The van der Waals surface area contributed by atoms with Gasteiger partial charge in [-0.3, -0.25) is 0 Å². The second-order valence-corrected chi connectivity index (χ2v) is 4.27. The second-order valence-electron chi connectivity index (χ2n) is 3.35. The number of hydrogen-bond acceptors (Lipinski definition) is 2. The van der Waals surface area contributed by atoms with Crippen molar-refractivity contribution in [1.82, 2.24) is 4.98 Å². The lowest BCUT2D eigenvalue weighted by atomic mass is 10.2. The Morgan fingerprint density at radius 2 is 2.12 bits per heavy atom. The van der Waals surface area contributed by atoms with E-state index in [1.807, 2.05) is 24.3 Å². The van der Waals surface area contributed by atoms with Crippen LogP contribution in [0.3, 0.4) is 0 Å². The van der Waals surface area contributed by atoms with Crippen molar-refractivity contribution in [1.29, 1.82) is 0 Å². The van der Waals surface area contributed by atoms with Crippen LogP contribution in [0.4, 0.5) is 10.1 Å². The van der Waals surface area contributed by atoms with E-state index in [-0.39, 0.29) is 0 Å². The molecule has 0 aliphatic heterocycles. The summed E-state index contributed by atoms with van der Waals surface area (Å²) < 4.78 is 13.6. The first-order valence-corrected chi connectivity index (χ1v) is 5.63. The Bertz CT molecular complexity index is 471. The van der Waals surface area contributed by atoms with Crippen LogP contribution in [0.25, 0.3) is 0 Å². The van der Waals surface area contributed by atoms with E-state index < -0.39 is 5.95 Å². The molecule has 82 valence electrons. The van der Waals surface area contributed by atoms with Gasteiger partial charge in [-0.05, 0) is 29.8 Å². The molecule has 1 heterocycles. The molecule has 2 aromatic rings. The molecule has 0 fully saturated rings. The zero-order valence-corrected chi connectivity index (χ0v) is 10.0. The normalized spacial score (nSPS) is 10.1. The van der Waals surface area contributed by atoms with Gasteiger partial charge in [0.05, 0.1) is 11.9 Å². The Kier molecular flexibility index (Phi) is 3.51. The molecule has 2 rings (SSSR count). The van der Waals surface area contributed by atoms with Gasteiger partial charge in [-0.2, -0.15) is 4.39 Å². The molecule has 1 aromatic carbocycles. The smallest absolute Gasteiger partial charge is 0.212 e. The van der Waals surface area contributed by atoms with Gasteiger partial charge in [0.15, 0.2) is 0 Å². The summed E-state index contributed by atoms with van der Waals surface area (Å²) in [6.07, 6.45) is 1.48. The fourth-order valence-electron chi connectivity index (χ4n) is 1.33. The van der Waals surface area contributed by atoms with Crippen LogP contribution < -0.4 is 5.32 Å². The lowest BCUT2D eigenvalue weighted by Crippen LogP contribution is -1.99. The van der Waals surface area contributed by atoms with Crippen molar-refractivity contribution in [2.75, 3.05) is 5.32 Å². The SMILES string of the molecule is Fc1ccc(NCc2cccc(Br)c2)cn1. The van der Waals surface area contributed by atoms with Crippen LogP contribution >= 0.6 is 15.9 Å². The molecule has 0 unspecified atom stereocenters. The zero-order valence-electron chi connectivity index (χ0n) is 8.45. The molecular formula is C12H10BrFN2. The lowest BCUT2D eigenvalue weighted by molar-refractivity contribution is 0.584. The Hall–Kier alpha value is -1.42. The molecule has 0 amide bonds. The molecule has 2 nitrogen and oxygen atoms in total. The van der Waals surface area contributed by atoms with E-state index in [2.05, 4.69) is 26.2 Å². The second kappa shape index (κ2) is 5.07. The van der Waals surface area contributed by atoms with Crippen molar-refractivity contribution in [3.63, 3.8) is 0 Å². The zero-order chi connectivity index (χ0) is 11.4. The van der Waals surface area contributed by atoms with Gasteiger partial charge in [0.25, 0.3) is 0 Å². The highest BCUT2D eigenvalue weighted by atomic mass is 79.9. The third-order valence-corrected chi connectivity index (χ3v) is 2.61. The molecular weight excluding hydrogens is 271 g/mol. The van der Waals surface area contributed by atoms with Crippen LogP contribution in [0.15, 0.2) is 47.1 Å². The molecule has 1 aromatic heterocycles. The molecule has 0 saturated carbocycles. The number of halogens is 2. The van der Waals surface area contributed by atoms with Crippen LogP contribution in [-0.2, 0) is 6.54 Å². The molecule has 0 aliphatic carbocycles. The first-order chi connectivity index (χ1) is 7.74. The van der Waals surface area contributed by atoms with Crippen molar-refractivity contribution in [3.8, 4) is 0 Å². The number of nitrogens with zero attached hydrogens (tertiary/aromatic N) is 1. The predicted octanol–water partition coefficient (Wildman–Crippen LogP) is 3.60. The van der Waals surface area contributed by atoms with Crippen LogP contribution in [0.2, 0.25) is 0 Å². The number of nitrogens with one attached hydrogen (secondary N) is 1. The fourth-order valence-corrected chi connectivity index (χ4v) is 1.78. The van der Waals surface area contributed by atoms with Crippen molar-refractivity contribution in [2.24, 2.45) is 0 Å². The quantitative estimate of drug-likeness (QED) is 0.869. The Morgan fingerprint density at radius 3 is 2.81 bits per heavy atom. The average molecular weight is 281 g/mol. The minimum absolute atomic E-state index is 0.465. The third kappa shape index (κ3) is 3.03. The summed E-state index contributed by atoms with van der Waals surface area (Å²) >= 11 is 3.41. The summed E-state index contributed by atoms with van der Waals surface area (Å²) in [6, 6.07) is 11.0. The van der Waals surface area contributed by atoms with Crippen LogP contribution in [0.1, 0.15) is 5.56 Å². The number of benzene rings is 1. The minimum atomic E-state index is -0.465. The largest absolute Gasteiger partial charge is 0.380 e. The van der Waals surface area contributed by atoms with Gasteiger partial charge in [-0.1, -0.05) is 28.1 Å². The van der Waals surface area contributed by atoms with Gasteiger partial charge in [-0.15, -0.1) is 0 Å². The summed E-state index contributed by atoms with van der Waals surface area (Å²) in [5.74, 6) is -0.465. The Labute approximate surface area is 102 Å². The highest BCUT2D eigenvalue weighted by Gasteiger charge is 1.96. The van der Waals surface area contributed by atoms with Crippen molar-refractivity contribution >= 4 is 21.6 Å². The molecule has 0 radical (unpaired) electrons. The van der Waals surface area contributed by atoms with E-state index in [4.69, 9.17) is 0 Å². The van der Waals surface area contributed by atoms with Gasteiger partial charge in [0.1, 0.15) is 0 Å². The Morgan fingerprint density at radius 1 is 1.25 bits per heavy atom. The summed E-state index contributed by atoms with van der Waals surface area (Å²) in [5, 5.41) is 3.17. The first kappa shape index (κ1) is 11.1. The number of rotatable bonds is 3. The molecule has 1 N–H and O–H groups in total. The molecule has 0 aliphatic rings. The summed E-state index contributed by atoms with van der Waals surface area (Å²) in [4.78, 5) is 3.57. The fraction of sp³-hybridized carbons (Fsp3) is 0.0833. The van der Waals surface area contributed by atoms with E-state index >= 15 is 0 Å². The van der Waals surface area contributed by atoms with Gasteiger partial charge >= 0.3 is 0 Å². The topological polar surface area (TPSA) is 24.9 Å². The number of anilines is 1. The number of hydrogen-bond donors (Lipinski definition) is 1.